The van der Waals surface area contributed by atoms with E-state index in [2.05, 4.69) is 9.88 Å². The average Bonchev–Trinajstić information content (AvgIpc) is 3.51. The Bertz CT molecular complexity index is 1260. The third kappa shape index (κ3) is 4.33. The first-order valence-corrected chi connectivity index (χ1v) is 11.9. The van der Waals surface area contributed by atoms with Gasteiger partial charge in [0.25, 0.3) is 17.2 Å². The zero-order chi connectivity index (χ0) is 22.9. The summed E-state index contributed by atoms with van der Waals surface area (Å²) in [6.07, 6.45) is 3.76. The van der Waals surface area contributed by atoms with E-state index in [1.54, 1.807) is 29.3 Å². The van der Waals surface area contributed by atoms with Crippen LogP contribution in [0.4, 0.5) is 11.4 Å². The molecule has 33 heavy (non-hydrogen) atoms. The van der Waals surface area contributed by atoms with Crippen molar-refractivity contribution in [2.24, 2.45) is 0 Å². The fraction of sp³-hybridized carbons (Fsp3) is 0.409. The molecule has 10 nitrogen and oxygen atoms in total. The molecule has 1 aromatic carbocycles. The van der Waals surface area contributed by atoms with Gasteiger partial charge in [0.2, 0.25) is 0 Å². The van der Waals surface area contributed by atoms with Gasteiger partial charge < -0.3 is 9.80 Å². The van der Waals surface area contributed by atoms with Crippen LogP contribution in [0.25, 0.3) is 4.96 Å². The van der Waals surface area contributed by atoms with Crippen molar-refractivity contribution in [1.29, 1.82) is 0 Å². The maximum absolute atomic E-state index is 13.0. The summed E-state index contributed by atoms with van der Waals surface area (Å²) in [5.74, 6) is -0.193. The topological polar surface area (TPSA) is 104 Å². The van der Waals surface area contributed by atoms with Gasteiger partial charge in [0.15, 0.2) is 4.96 Å². The Morgan fingerprint density at radius 3 is 2.58 bits per heavy atom. The van der Waals surface area contributed by atoms with Gasteiger partial charge in [-0.15, -0.1) is 11.3 Å². The van der Waals surface area contributed by atoms with E-state index in [0.29, 0.717) is 48.9 Å². The minimum atomic E-state index is -0.400. The lowest BCUT2D eigenvalue weighted by Gasteiger charge is -2.34. The lowest BCUT2D eigenvalue weighted by atomic mass is 10.1. The minimum absolute atomic E-state index is 0.0114. The molecule has 2 saturated heterocycles. The number of thiazole rings is 1. The van der Waals surface area contributed by atoms with Gasteiger partial charge in [-0.3, -0.25) is 29.0 Å². The molecule has 0 saturated carbocycles. The summed E-state index contributed by atoms with van der Waals surface area (Å²) >= 11 is 1.42. The monoisotopic (exact) mass is 468 g/mol. The number of anilines is 1. The summed E-state index contributed by atoms with van der Waals surface area (Å²) in [5, 5.41) is 13.5. The first kappa shape index (κ1) is 21.5. The van der Waals surface area contributed by atoms with Crippen molar-refractivity contribution in [3.63, 3.8) is 0 Å². The van der Waals surface area contributed by atoms with Gasteiger partial charge in [-0.05, 0) is 25.0 Å². The Labute approximate surface area is 193 Å². The number of piperazine rings is 1. The van der Waals surface area contributed by atoms with Crippen LogP contribution in [0.3, 0.4) is 0 Å². The number of nitrogens with zero attached hydrogens (tertiary/aromatic N) is 6. The number of carbonyl (C=O) groups is 1. The third-order valence-corrected chi connectivity index (χ3v) is 7.02. The molecule has 2 aromatic heterocycles. The molecule has 2 aliphatic rings. The van der Waals surface area contributed by atoms with E-state index in [9.17, 15) is 19.7 Å². The van der Waals surface area contributed by atoms with Gasteiger partial charge in [-0.25, -0.2) is 4.98 Å². The zero-order valence-corrected chi connectivity index (χ0v) is 18.9. The molecule has 0 radical (unpaired) electrons. The average molecular weight is 469 g/mol. The van der Waals surface area contributed by atoms with Crippen LogP contribution in [0.2, 0.25) is 0 Å². The number of benzene rings is 1. The molecule has 11 heteroatoms. The summed E-state index contributed by atoms with van der Waals surface area (Å²) in [5.41, 5.74) is 1.54. The normalized spacial score (nSPS) is 17.1. The molecule has 0 spiro atoms. The van der Waals surface area contributed by atoms with E-state index in [1.165, 1.54) is 21.8 Å². The SMILES string of the molecule is O=C(c1ccc(N2CCCC2)c([N+](=O)[O-])c1)N1CCN(Cc2cc(=O)n3ccsc3n2)CC1. The number of rotatable bonds is 5. The largest absolute Gasteiger partial charge is 0.366 e. The molecule has 0 N–H and O–H groups in total. The zero-order valence-electron chi connectivity index (χ0n) is 18.1. The van der Waals surface area contributed by atoms with Gasteiger partial charge in [-0.2, -0.15) is 0 Å². The predicted molar refractivity (Wildman–Crippen MR) is 125 cm³/mol. The second-order valence-corrected chi connectivity index (χ2v) is 9.24. The predicted octanol–water partition coefficient (Wildman–Crippen LogP) is 2.22. The smallest absolute Gasteiger partial charge is 0.293 e. The van der Waals surface area contributed by atoms with Crippen LogP contribution in [0, 0.1) is 10.1 Å². The number of hydrogen-bond acceptors (Lipinski definition) is 8. The molecular formula is C22H24N6O4S. The van der Waals surface area contributed by atoms with Crippen molar-refractivity contribution in [1.82, 2.24) is 19.2 Å². The molecular weight excluding hydrogens is 444 g/mol. The van der Waals surface area contributed by atoms with E-state index < -0.39 is 4.92 Å². The first-order valence-electron chi connectivity index (χ1n) is 11.0. The van der Waals surface area contributed by atoms with Crippen LogP contribution in [-0.4, -0.2) is 69.3 Å². The highest BCUT2D eigenvalue weighted by Crippen LogP contribution is 2.32. The van der Waals surface area contributed by atoms with E-state index >= 15 is 0 Å². The highest BCUT2D eigenvalue weighted by molar-refractivity contribution is 7.15. The van der Waals surface area contributed by atoms with Gasteiger partial charge >= 0.3 is 0 Å². The quantitative estimate of drug-likeness (QED) is 0.418. The summed E-state index contributed by atoms with van der Waals surface area (Å²) in [6, 6.07) is 6.37. The second kappa shape index (κ2) is 8.91. The van der Waals surface area contributed by atoms with Gasteiger partial charge in [0.1, 0.15) is 5.69 Å². The first-order chi connectivity index (χ1) is 16.0. The van der Waals surface area contributed by atoms with Crippen molar-refractivity contribution in [2.75, 3.05) is 44.2 Å². The minimum Gasteiger partial charge on any atom is -0.366 e. The lowest BCUT2D eigenvalue weighted by Crippen LogP contribution is -2.48. The number of nitro groups is 1. The number of nitro benzene ring substituents is 1. The van der Waals surface area contributed by atoms with Crippen molar-refractivity contribution in [2.45, 2.75) is 19.4 Å². The number of carbonyl (C=O) groups excluding carboxylic acids is 1. The molecule has 0 atom stereocenters. The van der Waals surface area contributed by atoms with Crippen LogP contribution in [0.1, 0.15) is 28.9 Å². The summed E-state index contributed by atoms with van der Waals surface area (Å²) in [6.45, 7) is 4.47. The van der Waals surface area contributed by atoms with E-state index in [0.717, 1.165) is 31.6 Å². The molecule has 0 aliphatic carbocycles. The number of aromatic nitrogens is 2. The van der Waals surface area contributed by atoms with Crippen LogP contribution >= 0.6 is 11.3 Å². The molecule has 0 bridgehead atoms. The van der Waals surface area contributed by atoms with Crippen molar-refractivity contribution >= 4 is 33.6 Å². The summed E-state index contributed by atoms with van der Waals surface area (Å²) < 4.78 is 1.53. The molecule has 0 unspecified atom stereocenters. The van der Waals surface area contributed by atoms with Gasteiger partial charge in [-0.1, -0.05) is 0 Å². The Balaban J connectivity index is 1.25. The lowest BCUT2D eigenvalue weighted by molar-refractivity contribution is -0.384. The fourth-order valence-corrected chi connectivity index (χ4v) is 5.26. The van der Waals surface area contributed by atoms with Crippen molar-refractivity contribution in [3.05, 3.63) is 67.6 Å². The van der Waals surface area contributed by atoms with Gasteiger partial charge in [0.05, 0.1) is 10.6 Å². The van der Waals surface area contributed by atoms with E-state index in [1.807, 2.05) is 10.3 Å². The molecule has 1 amide bonds. The van der Waals surface area contributed by atoms with Crippen LogP contribution < -0.4 is 10.5 Å². The van der Waals surface area contributed by atoms with Crippen molar-refractivity contribution < 1.29 is 9.72 Å². The highest BCUT2D eigenvalue weighted by Gasteiger charge is 2.27. The Morgan fingerprint density at radius 1 is 1.09 bits per heavy atom. The van der Waals surface area contributed by atoms with Gasteiger partial charge in [0, 0.05) is 75.1 Å². The summed E-state index contributed by atoms with van der Waals surface area (Å²) in [7, 11) is 0. The second-order valence-electron chi connectivity index (χ2n) is 8.36. The Hall–Kier alpha value is -3.31. The van der Waals surface area contributed by atoms with Crippen LogP contribution in [0.15, 0.2) is 40.6 Å². The summed E-state index contributed by atoms with van der Waals surface area (Å²) in [4.78, 5) is 47.6. The van der Waals surface area contributed by atoms with E-state index in [-0.39, 0.29) is 17.2 Å². The number of fused-ring (bicyclic) bond motifs is 1. The van der Waals surface area contributed by atoms with Crippen molar-refractivity contribution in [3.8, 4) is 0 Å². The highest BCUT2D eigenvalue weighted by atomic mass is 32.1. The molecule has 2 aliphatic heterocycles. The van der Waals surface area contributed by atoms with E-state index in [4.69, 9.17) is 0 Å². The molecule has 172 valence electrons. The molecule has 4 heterocycles. The maximum atomic E-state index is 13.0. The molecule has 5 rings (SSSR count). The standard InChI is InChI=1S/C22H24N6O4S/c29-20-14-17(23-22-27(20)11-12-33-22)15-24-7-9-26(10-8-24)21(30)16-3-4-18(19(13-16)28(31)32)25-5-1-2-6-25/h3-4,11-14H,1-2,5-10,15H2. The van der Waals surface area contributed by atoms with Crippen LogP contribution in [-0.2, 0) is 6.54 Å². The Kier molecular flexibility index (Phi) is 5.81. The number of hydrogen-bond donors (Lipinski definition) is 0. The fourth-order valence-electron chi connectivity index (χ4n) is 4.52. The number of amides is 1. The third-order valence-electron chi connectivity index (χ3n) is 6.27. The Morgan fingerprint density at radius 2 is 1.85 bits per heavy atom. The van der Waals surface area contributed by atoms with Crippen LogP contribution in [0.5, 0.6) is 0 Å². The molecule has 2 fully saturated rings. The molecule has 3 aromatic rings. The maximum Gasteiger partial charge on any atom is 0.293 e.